The molecule has 0 heterocycles. The van der Waals surface area contributed by atoms with Crippen LogP contribution in [0.15, 0.2) is 36.4 Å². The molecule has 4 heteroatoms. The minimum absolute atomic E-state index is 0.441. The minimum Gasteiger partial charge on any atom is -0.493 e. The lowest BCUT2D eigenvalue weighted by molar-refractivity contribution is 0.112. The van der Waals surface area contributed by atoms with Gasteiger partial charge in [-0.15, -0.1) is 0 Å². The van der Waals surface area contributed by atoms with Gasteiger partial charge in [0.1, 0.15) is 0 Å². The third-order valence-electron chi connectivity index (χ3n) is 2.88. The Hall–Kier alpha value is -2.49. The molecule has 0 atom stereocenters. The highest BCUT2D eigenvalue weighted by molar-refractivity contribution is 5.85. The Balaban J connectivity index is 2.58. The Labute approximate surface area is 111 Å². The zero-order valence-corrected chi connectivity index (χ0v) is 10.8. The smallest absolute Gasteiger partial charge is 0.171 e. The van der Waals surface area contributed by atoms with Gasteiger partial charge >= 0.3 is 0 Å². The zero-order chi connectivity index (χ0) is 13.8. The van der Waals surface area contributed by atoms with Crippen molar-refractivity contribution in [1.29, 1.82) is 0 Å². The number of carbonyl (C=O) groups excluding carboxylic acids is 1. The molecular weight excluding hydrogens is 242 g/mol. The summed E-state index contributed by atoms with van der Waals surface area (Å²) in [5, 5.41) is 0. The van der Waals surface area contributed by atoms with Gasteiger partial charge in [0, 0.05) is 5.69 Å². The topological polar surface area (TPSA) is 61.5 Å². The van der Waals surface area contributed by atoms with Crippen LogP contribution < -0.4 is 15.2 Å². The average Bonchev–Trinajstić information content (AvgIpc) is 2.46. The van der Waals surface area contributed by atoms with Crippen LogP contribution in [0, 0.1) is 0 Å². The monoisotopic (exact) mass is 257 g/mol. The van der Waals surface area contributed by atoms with Crippen molar-refractivity contribution in [2.24, 2.45) is 0 Å². The van der Waals surface area contributed by atoms with Crippen molar-refractivity contribution < 1.29 is 14.3 Å². The van der Waals surface area contributed by atoms with Crippen LogP contribution in [-0.4, -0.2) is 20.5 Å². The first-order valence-corrected chi connectivity index (χ1v) is 5.76. The Kier molecular flexibility index (Phi) is 3.71. The molecule has 0 saturated heterocycles. The molecule has 0 saturated carbocycles. The van der Waals surface area contributed by atoms with E-state index in [4.69, 9.17) is 15.2 Å². The molecule has 0 bridgehead atoms. The third-order valence-corrected chi connectivity index (χ3v) is 2.88. The maximum Gasteiger partial charge on any atom is 0.171 e. The SMILES string of the molecule is COc1cc(-c2ccc(N)cc2)cc(C=O)c1OC. The summed E-state index contributed by atoms with van der Waals surface area (Å²) in [5.41, 5.74) is 8.64. The van der Waals surface area contributed by atoms with Gasteiger partial charge in [-0.1, -0.05) is 12.1 Å². The summed E-state index contributed by atoms with van der Waals surface area (Å²) >= 11 is 0. The molecule has 2 N–H and O–H groups in total. The van der Waals surface area contributed by atoms with Gasteiger partial charge < -0.3 is 15.2 Å². The van der Waals surface area contributed by atoms with E-state index in [2.05, 4.69) is 0 Å². The van der Waals surface area contributed by atoms with Crippen LogP contribution in [0.25, 0.3) is 11.1 Å². The summed E-state index contributed by atoms with van der Waals surface area (Å²) in [5.74, 6) is 0.968. The molecule has 0 aromatic heterocycles. The standard InChI is InChI=1S/C15H15NO3/c1-18-14-8-11(7-12(9-17)15(14)19-2)10-3-5-13(16)6-4-10/h3-9H,16H2,1-2H3. The molecule has 2 aromatic carbocycles. The second kappa shape index (κ2) is 5.44. The van der Waals surface area contributed by atoms with Crippen molar-refractivity contribution in [3.05, 3.63) is 42.0 Å². The van der Waals surface area contributed by atoms with Crippen molar-refractivity contribution in [2.75, 3.05) is 20.0 Å². The minimum atomic E-state index is 0.441. The lowest BCUT2D eigenvalue weighted by atomic mass is 10.0. The molecule has 19 heavy (non-hydrogen) atoms. The molecule has 0 fully saturated rings. The summed E-state index contributed by atoms with van der Waals surface area (Å²) in [7, 11) is 3.05. The highest BCUT2D eigenvalue weighted by Crippen LogP contribution is 2.35. The van der Waals surface area contributed by atoms with Gasteiger partial charge in [0.2, 0.25) is 0 Å². The Morgan fingerprint density at radius 2 is 1.68 bits per heavy atom. The van der Waals surface area contributed by atoms with E-state index in [1.165, 1.54) is 7.11 Å². The van der Waals surface area contributed by atoms with Crippen molar-refractivity contribution in [3.8, 4) is 22.6 Å². The van der Waals surface area contributed by atoms with Crippen LogP contribution in [0.3, 0.4) is 0 Å². The second-order valence-corrected chi connectivity index (χ2v) is 4.04. The van der Waals surface area contributed by atoms with Gasteiger partial charge in [0.25, 0.3) is 0 Å². The number of carbonyl (C=O) groups is 1. The number of nitrogen functional groups attached to an aromatic ring is 1. The number of benzene rings is 2. The molecule has 0 amide bonds. The fourth-order valence-corrected chi connectivity index (χ4v) is 1.92. The summed E-state index contributed by atoms with van der Waals surface area (Å²) in [6.07, 6.45) is 0.752. The van der Waals surface area contributed by atoms with E-state index in [0.29, 0.717) is 22.7 Å². The van der Waals surface area contributed by atoms with Crippen LogP contribution in [0.2, 0.25) is 0 Å². The summed E-state index contributed by atoms with van der Waals surface area (Å²) in [4.78, 5) is 11.1. The van der Waals surface area contributed by atoms with Crippen LogP contribution in [-0.2, 0) is 0 Å². The molecule has 0 spiro atoms. The first-order valence-electron chi connectivity index (χ1n) is 5.76. The predicted molar refractivity (Wildman–Crippen MR) is 74.8 cm³/mol. The summed E-state index contributed by atoms with van der Waals surface area (Å²) < 4.78 is 10.4. The number of ether oxygens (including phenoxy) is 2. The molecule has 2 rings (SSSR count). The molecule has 0 aliphatic heterocycles. The average molecular weight is 257 g/mol. The van der Waals surface area contributed by atoms with Crippen molar-refractivity contribution in [3.63, 3.8) is 0 Å². The summed E-state index contributed by atoms with van der Waals surface area (Å²) in [6.45, 7) is 0. The van der Waals surface area contributed by atoms with Gasteiger partial charge in [-0.05, 0) is 35.4 Å². The van der Waals surface area contributed by atoms with Crippen LogP contribution in [0.1, 0.15) is 10.4 Å². The fourth-order valence-electron chi connectivity index (χ4n) is 1.92. The molecular formula is C15H15NO3. The van der Waals surface area contributed by atoms with Crippen LogP contribution in [0.5, 0.6) is 11.5 Å². The maximum absolute atomic E-state index is 11.1. The molecule has 0 unspecified atom stereocenters. The van der Waals surface area contributed by atoms with Crippen LogP contribution >= 0.6 is 0 Å². The molecule has 98 valence electrons. The van der Waals surface area contributed by atoms with E-state index in [0.717, 1.165) is 17.4 Å². The van der Waals surface area contributed by atoms with Gasteiger partial charge in [-0.2, -0.15) is 0 Å². The van der Waals surface area contributed by atoms with E-state index >= 15 is 0 Å². The summed E-state index contributed by atoms with van der Waals surface area (Å²) in [6, 6.07) is 11.0. The quantitative estimate of drug-likeness (QED) is 0.675. The van der Waals surface area contributed by atoms with Crippen LogP contribution in [0.4, 0.5) is 5.69 Å². The van der Waals surface area contributed by atoms with E-state index < -0.39 is 0 Å². The van der Waals surface area contributed by atoms with E-state index in [1.807, 2.05) is 30.3 Å². The number of hydrogen-bond donors (Lipinski definition) is 1. The maximum atomic E-state index is 11.1. The number of rotatable bonds is 4. The van der Waals surface area contributed by atoms with Gasteiger partial charge in [0.15, 0.2) is 17.8 Å². The molecule has 2 aromatic rings. The van der Waals surface area contributed by atoms with Crippen molar-refractivity contribution in [1.82, 2.24) is 0 Å². The van der Waals surface area contributed by atoms with E-state index in [-0.39, 0.29) is 0 Å². The van der Waals surface area contributed by atoms with Gasteiger partial charge in [-0.25, -0.2) is 0 Å². The van der Waals surface area contributed by atoms with Crippen molar-refractivity contribution >= 4 is 12.0 Å². The predicted octanol–water partition coefficient (Wildman–Crippen LogP) is 2.77. The first kappa shape index (κ1) is 13.0. The van der Waals surface area contributed by atoms with Gasteiger partial charge in [0.05, 0.1) is 19.8 Å². The fraction of sp³-hybridized carbons (Fsp3) is 0.133. The highest BCUT2D eigenvalue weighted by Gasteiger charge is 2.12. The molecule has 0 aliphatic carbocycles. The number of aldehydes is 1. The largest absolute Gasteiger partial charge is 0.493 e. The zero-order valence-electron chi connectivity index (χ0n) is 10.8. The Morgan fingerprint density at radius 1 is 1.00 bits per heavy atom. The molecule has 0 radical (unpaired) electrons. The van der Waals surface area contributed by atoms with E-state index in [9.17, 15) is 4.79 Å². The molecule has 4 nitrogen and oxygen atoms in total. The van der Waals surface area contributed by atoms with Gasteiger partial charge in [-0.3, -0.25) is 4.79 Å². The molecule has 0 aliphatic rings. The Bertz CT molecular complexity index is 591. The lowest BCUT2D eigenvalue weighted by Gasteiger charge is -2.12. The number of methoxy groups -OCH3 is 2. The van der Waals surface area contributed by atoms with E-state index in [1.54, 1.807) is 13.2 Å². The first-order chi connectivity index (χ1) is 9.19. The van der Waals surface area contributed by atoms with Crippen molar-refractivity contribution in [2.45, 2.75) is 0 Å². The second-order valence-electron chi connectivity index (χ2n) is 4.04. The third kappa shape index (κ3) is 2.52. The normalized spacial score (nSPS) is 10.0. The Morgan fingerprint density at radius 3 is 2.21 bits per heavy atom. The number of anilines is 1. The lowest BCUT2D eigenvalue weighted by Crippen LogP contribution is -1.96. The highest BCUT2D eigenvalue weighted by atomic mass is 16.5. The number of hydrogen-bond acceptors (Lipinski definition) is 4. The number of nitrogens with two attached hydrogens (primary N) is 1.